The summed E-state index contributed by atoms with van der Waals surface area (Å²) in [5, 5.41) is 0. The number of aryl methyl sites for hydroxylation is 2. The van der Waals surface area contributed by atoms with Crippen LogP contribution in [0.3, 0.4) is 0 Å². The molecule has 1 aromatic carbocycles. The topological polar surface area (TPSA) is 35.5 Å². The molecule has 16 heavy (non-hydrogen) atoms. The van der Waals surface area contributed by atoms with E-state index in [4.69, 9.17) is 9.47 Å². The predicted molar refractivity (Wildman–Crippen MR) is 61.0 cm³/mol. The van der Waals surface area contributed by atoms with Gasteiger partial charge in [0.1, 0.15) is 5.75 Å². The molecule has 0 radical (unpaired) electrons. The first-order valence-electron chi connectivity index (χ1n) is 5.58. The van der Waals surface area contributed by atoms with Gasteiger partial charge < -0.3 is 9.47 Å². The molecule has 0 saturated carbocycles. The van der Waals surface area contributed by atoms with E-state index in [0.29, 0.717) is 11.3 Å². The lowest BCUT2D eigenvalue weighted by Gasteiger charge is -2.18. The Hall–Kier alpha value is -1.35. The van der Waals surface area contributed by atoms with E-state index in [1.54, 1.807) is 7.11 Å². The standard InChI is InChI=1S/C13H16O3/c1-15-9-16-13-7-11-5-3-2-4-10(11)6-12(13)8-14/h6-8H,2-5,9H2,1H3. The number of rotatable bonds is 4. The van der Waals surface area contributed by atoms with Crippen LogP contribution in [0.5, 0.6) is 5.75 Å². The van der Waals surface area contributed by atoms with Crippen molar-refractivity contribution in [2.45, 2.75) is 25.7 Å². The number of hydrogen-bond acceptors (Lipinski definition) is 3. The summed E-state index contributed by atoms with van der Waals surface area (Å²) in [5.41, 5.74) is 3.22. The smallest absolute Gasteiger partial charge is 0.188 e. The molecule has 0 heterocycles. The maximum absolute atomic E-state index is 11.0. The van der Waals surface area contributed by atoms with E-state index in [0.717, 1.165) is 19.1 Å². The van der Waals surface area contributed by atoms with Crippen molar-refractivity contribution in [3.63, 3.8) is 0 Å². The first-order valence-corrected chi connectivity index (χ1v) is 5.58. The zero-order valence-corrected chi connectivity index (χ0v) is 9.49. The summed E-state index contributed by atoms with van der Waals surface area (Å²) in [5.74, 6) is 0.637. The Kier molecular flexibility index (Phi) is 3.57. The molecule has 1 aliphatic carbocycles. The fourth-order valence-corrected chi connectivity index (χ4v) is 2.12. The van der Waals surface area contributed by atoms with Crippen molar-refractivity contribution in [2.75, 3.05) is 13.9 Å². The lowest BCUT2D eigenvalue weighted by molar-refractivity contribution is 0.0504. The number of aldehydes is 1. The SMILES string of the molecule is COCOc1cc2c(cc1C=O)CCCC2. The highest BCUT2D eigenvalue weighted by Crippen LogP contribution is 2.28. The number of ether oxygens (including phenoxy) is 2. The Bertz CT molecular complexity index is 385. The molecule has 0 amide bonds. The number of methoxy groups -OCH3 is 1. The zero-order chi connectivity index (χ0) is 11.4. The van der Waals surface area contributed by atoms with Crippen molar-refractivity contribution >= 4 is 6.29 Å². The lowest BCUT2D eigenvalue weighted by atomic mass is 9.90. The normalized spacial score (nSPS) is 14.3. The predicted octanol–water partition coefficient (Wildman–Crippen LogP) is 2.36. The van der Waals surface area contributed by atoms with Crippen LogP contribution in [0.15, 0.2) is 12.1 Å². The minimum atomic E-state index is 0.180. The third-order valence-corrected chi connectivity index (χ3v) is 2.93. The van der Waals surface area contributed by atoms with Gasteiger partial charge in [-0.15, -0.1) is 0 Å². The zero-order valence-electron chi connectivity index (χ0n) is 9.49. The molecule has 0 aliphatic heterocycles. The summed E-state index contributed by atoms with van der Waals surface area (Å²) >= 11 is 0. The molecule has 0 N–H and O–H groups in total. The maximum atomic E-state index is 11.0. The molecule has 3 nitrogen and oxygen atoms in total. The summed E-state index contributed by atoms with van der Waals surface area (Å²) < 4.78 is 10.2. The molecule has 1 aromatic rings. The quantitative estimate of drug-likeness (QED) is 0.577. The van der Waals surface area contributed by atoms with Crippen molar-refractivity contribution in [1.82, 2.24) is 0 Å². The second-order valence-corrected chi connectivity index (χ2v) is 4.03. The van der Waals surface area contributed by atoms with Crippen LogP contribution in [-0.2, 0) is 17.6 Å². The number of benzene rings is 1. The third-order valence-electron chi connectivity index (χ3n) is 2.93. The number of carbonyl (C=O) groups excluding carboxylic acids is 1. The van der Waals surface area contributed by atoms with Gasteiger partial charge >= 0.3 is 0 Å². The van der Waals surface area contributed by atoms with Crippen LogP contribution >= 0.6 is 0 Å². The monoisotopic (exact) mass is 220 g/mol. The minimum Gasteiger partial charge on any atom is -0.467 e. The van der Waals surface area contributed by atoms with Crippen LogP contribution in [0.4, 0.5) is 0 Å². The van der Waals surface area contributed by atoms with Gasteiger partial charge in [0, 0.05) is 7.11 Å². The van der Waals surface area contributed by atoms with Gasteiger partial charge in [-0.1, -0.05) is 0 Å². The highest BCUT2D eigenvalue weighted by atomic mass is 16.7. The van der Waals surface area contributed by atoms with Crippen molar-refractivity contribution in [2.24, 2.45) is 0 Å². The van der Waals surface area contributed by atoms with Gasteiger partial charge in [0.25, 0.3) is 0 Å². The molecule has 0 unspecified atom stereocenters. The van der Waals surface area contributed by atoms with Gasteiger partial charge in [0.15, 0.2) is 13.1 Å². The summed E-state index contributed by atoms with van der Waals surface area (Å²) in [4.78, 5) is 11.0. The molecular formula is C13H16O3. The van der Waals surface area contributed by atoms with E-state index in [2.05, 4.69) is 0 Å². The Balaban J connectivity index is 2.31. The lowest BCUT2D eigenvalue weighted by Crippen LogP contribution is -2.07. The Morgan fingerprint density at radius 2 is 1.94 bits per heavy atom. The molecule has 0 saturated heterocycles. The molecule has 0 bridgehead atoms. The molecule has 86 valence electrons. The number of hydrogen-bond donors (Lipinski definition) is 0. The minimum absolute atomic E-state index is 0.180. The number of carbonyl (C=O) groups is 1. The molecule has 0 atom stereocenters. The van der Waals surface area contributed by atoms with Gasteiger partial charge in [0.2, 0.25) is 0 Å². The van der Waals surface area contributed by atoms with E-state index in [1.807, 2.05) is 12.1 Å². The largest absolute Gasteiger partial charge is 0.467 e. The molecule has 0 fully saturated rings. The van der Waals surface area contributed by atoms with Gasteiger partial charge in [0.05, 0.1) is 5.56 Å². The summed E-state index contributed by atoms with van der Waals surface area (Å²) in [6.45, 7) is 0.180. The average Bonchev–Trinajstić information content (AvgIpc) is 2.35. The summed E-state index contributed by atoms with van der Waals surface area (Å²) in [6, 6.07) is 3.93. The Morgan fingerprint density at radius 3 is 2.56 bits per heavy atom. The fraction of sp³-hybridized carbons (Fsp3) is 0.462. The van der Waals surface area contributed by atoms with Crippen LogP contribution in [-0.4, -0.2) is 20.2 Å². The maximum Gasteiger partial charge on any atom is 0.188 e. The molecule has 3 heteroatoms. The molecule has 1 aliphatic rings. The van der Waals surface area contributed by atoms with E-state index in [1.165, 1.54) is 24.0 Å². The van der Waals surface area contributed by atoms with Crippen molar-refractivity contribution < 1.29 is 14.3 Å². The highest BCUT2D eigenvalue weighted by molar-refractivity contribution is 5.80. The second kappa shape index (κ2) is 5.12. The van der Waals surface area contributed by atoms with Crippen LogP contribution in [0.2, 0.25) is 0 Å². The Labute approximate surface area is 95.4 Å². The van der Waals surface area contributed by atoms with Crippen LogP contribution < -0.4 is 4.74 Å². The first-order chi connectivity index (χ1) is 7.85. The van der Waals surface area contributed by atoms with Gasteiger partial charge in [-0.25, -0.2) is 0 Å². The molecule has 2 rings (SSSR count). The summed E-state index contributed by atoms with van der Waals surface area (Å²) in [7, 11) is 1.57. The van der Waals surface area contributed by atoms with Crippen LogP contribution in [0.1, 0.15) is 34.3 Å². The molecular weight excluding hydrogens is 204 g/mol. The van der Waals surface area contributed by atoms with E-state index in [9.17, 15) is 4.79 Å². The van der Waals surface area contributed by atoms with Gasteiger partial charge in [-0.2, -0.15) is 0 Å². The highest BCUT2D eigenvalue weighted by Gasteiger charge is 2.13. The fourth-order valence-electron chi connectivity index (χ4n) is 2.12. The van der Waals surface area contributed by atoms with Crippen LogP contribution in [0, 0.1) is 0 Å². The van der Waals surface area contributed by atoms with Gasteiger partial charge in [-0.05, 0) is 48.9 Å². The summed E-state index contributed by atoms with van der Waals surface area (Å²) in [6.07, 6.45) is 5.43. The van der Waals surface area contributed by atoms with Crippen molar-refractivity contribution in [3.8, 4) is 5.75 Å². The van der Waals surface area contributed by atoms with Crippen LogP contribution in [0.25, 0.3) is 0 Å². The van der Waals surface area contributed by atoms with E-state index < -0.39 is 0 Å². The second-order valence-electron chi connectivity index (χ2n) is 4.03. The van der Waals surface area contributed by atoms with Crippen molar-refractivity contribution in [1.29, 1.82) is 0 Å². The first kappa shape index (κ1) is 11.1. The van der Waals surface area contributed by atoms with E-state index in [-0.39, 0.29) is 6.79 Å². The van der Waals surface area contributed by atoms with Gasteiger partial charge in [-0.3, -0.25) is 4.79 Å². The third kappa shape index (κ3) is 2.25. The van der Waals surface area contributed by atoms with Crippen molar-refractivity contribution in [3.05, 3.63) is 28.8 Å². The van der Waals surface area contributed by atoms with E-state index >= 15 is 0 Å². The average molecular weight is 220 g/mol. The Morgan fingerprint density at radius 1 is 1.25 bits per heavy atom. The number of fused-ring (bicyclic) bond motifs is 1. The molecule has 0 spiro atoms. The molecule has 0 aromatic heterocycles.